The third-order valence-corrected chi connectivity index (χ3v) is 4.53. The molecule has 2 heterocycles. The molecule has 3 N–H and O–H groups in total. The van der Waals surface area contributed by atoms with Gasteiger partial charge in [-0.1, -0.05) is 6.07 Å². The molecule has 0 unspecified atom stereocenters. The number of carbonyl (C=O) groups excluding carboxylic acids is 2. The molecule has 0 aliphatic heterocycles. The highest BCUT2D eigenvalue weighted by Gasteiger charge is 2.17. The van der Waals surface area contributed by atoms with E-state index in [2.05, 4.69) is 15.4 Å². The van der Waals surface area contributed by atoms with Gasteiger partial charge in [0.15, 0.2) is 5.65 Å². The van der Waals surface area contributed by atoms with Crippen LogP contribution in [0.1, 0.15) is 39.3 Å². The zero-order valence-electron chi connectivity index (χ0n) is 15.3. The summed E-state index contributed by atoms with van der Waals surface area (Å²) in [7, 11) is 0. The Bertz CT molecular complexity index is 1060. The first kappa shape index (κ1) is 18.5. The second-order valence-electron chi connectivity index (χ2n) is 6.43. The largest absolute Gasteiger partial charge is 0.365 e. The van der Waals surface area contributed by atoms with Gasteiger partial charge in [-0.25, -0.2) is 13.9 Å². The lowest BCUT2D eigenvalue weighted by Crippen LogP contribution is -2.15. The lowest BCUT2D eigenvalue weighted by molar-refractivity contribution is -0.116. The van der Waals surface area contributed by atoms with Crippen LogP contribution < -0.4 is 11.1 Å². The summed E-state index contributed by atoms with van der Waals surface area (Å²) in [6.07, 6.45) is 2.03. The first-order valence-corrected chi connectivity index (χ1v) is 8.47. The SMILES string of the molecule is Cc1ccc(NC(=O)CCc2c(C)nc3c(C(N)=O)cnn3c2C)cc1F. The van der Waals surface area contributed by atoms with Gasteiger partial charge in [-0.2, -0.15) is 5.10 Å². The number of rotatable bonds is 5. The number of nitrogens with one attached hydrogen (secondary N) is 1. The molecule has 3 rings (SSSR count). The smallest absolute Gasteiger partial charge is 0.254 e. The van der Waals surface area contributed by atoms with Gasteiger partial charge in [0, 0.05) is 23.5 Å². The maximum atomic E-state index is 13.6. The van der Waals surface area contributed by atoms with Crippen LogP contribution in [0.3, 0.4) is 0 Å². The summed E-state index contributed by atoms with van der Waals surface area (Å²) in [5.41, 5.74) is 9.31. The molecule has 1 aromatic carbocycles. The first-order chi connectivity index (χ1) is 12.8. The predicted molar refractivity (Wildman–Crippen MR) is 99.1 cm³/mol. The van der Waals surface area contributed by atoms with Crippen molar-refractivity contribution in [2.45, 2.75) is 33.6 Å². The Morgan fingerprint density at radius 2 is 2.00 bits per heavy atom. The van der Waals surface area contributed by atoms with Crippen molar-refractivity contribution in [3.63, 3.8) is 0 Å². The van der Waals surface area contributed by atoms with Crippen molar-refractivity contribution in [3.05, 3.63) is 58.3 Å². The summed E-state index contributed by atoms with van der Waals surface area (Å²) in [4.78, 5) is 28.1. The van der Waals surface area contributed by atoms with Crippen LogP contribution in [0.25, 0.3) is 5.65 Å². The van der Waals surface area contributed by atoms with E-state index >= 15 is 0 Å². The molecule has 27 heavy (non-hydrogen) atoms. The van der Waals surface area contributed by atoms with E-state index < -0.39 is 5.91 Å². The Labute approximate surface area is 155 Å². The van der Waals surface area contributed by atoms with Crippen LogP contribution in [0.4, 0.5) is 10.1 Å². The number of hydrogen-bond acceptors (Lipinski definition) is 4. The quantitative estimate of drug-likeness (QED) is 0.721. The maximum absolute atomic E-state index is 13.6. The molecule has 0 atom stereocenters. The van der Waals surface area contributed by atoms with Crippen molar-refractivity contribution in [1.29, 1.82) is 0 Å². The maximum Gasteiger partial charge on any atom is 0.254 e. The molecule has 2 aromatic heterocycles. The van der Waals surface area contributed by atoms with Crippen LogP contribution in [-0.4, -0.2) is 26.4 Å². The lowest BCUT2D eigenvalue weighted by Gasteiger charge is -2.12. The number of aryl methyl sites for hydroxylation is 3. The fourth-order valence-corrected chi connectivity index (χ4v) is 2.98. The Hall–Kier alpha value is -3.29. The minimum absolute atomic E-state index is 0.203. The average molecular weight is 369 g/mol. The number of primary amides is 1. The number of benzene rings is 1. The number of halogens is 1. The van der Waals surface area contributed by atoms with E-state index in [-0.39, 0.29) is 23.7 Å². The minimum atomic E-state index is -0.589. The number of aromatic nitrogens is 3. The van der Waals surface area contributed by atoms with E-state index in [0.29, 0.717) is 29.0 Å². The van der Waals surface area contributed by atoms with E-state index in [1.165, 1.54) is 12.3 Å². The highest BCUT2D eigenvalue weighted by Crippen LogP contribution is 2.19. The molecule has 140 valence electrons. The number of amides is 2. The standard InChI is InChI=1S/C19H20FN5O2/c1-10-4-5-13(8-16(10)20)24-17(26)7-6-14-11(2)23-19-15(18(21)27)9-22-25(19)12(14)3/h4-5,8-9H,6-7H2,1-3H3,(H2,21,27)(H,24,26). The van der Waals surface area contributed by atoms with Gasteiger partial charge in [-0.3, -0.25) is 9.59 Å². The molecule has 0 saturated carbocycles. The van der Waals surface area contributed by atoms with Gasteiger partial charge < -0.3 is 11.1 Å². The van der Waals surface area contributed by atoms with Crippen LogP contribution in [-0.2, 0) is 11.2 Å². The van der Waals surface area contributed by atoms with Gasteiger partial charge >= 0.3 is 0 Å². The highest BCUT2D eigenvalue weighted by molar-refractivity contribution is 5.98. The van der Waals surface area contributed by atoms with E-state index in [9.17, 15) is 14.0 Å². The zero-order valence-corrected chi connectivity index (χ0v) is 15.3. The molecule has 0 aliphatic rings. The molecular weight excluding hydrogens is 349 g/mol. The van der Waals surface area contributed by atoms with Crippen molar-refractivity contribution in [2.75, 3.05) is 5.32 Å². The monoisotopic (exact) mass is 369 g/mol. The molecule has 0 spiro atoms. The summed E-state index contributed by atoms with van der Waals surface area (Å²) in [6.45, 7) is 5.32. The van der Waals surface area contributed by atoms with Gasteiger partial charge in [0.05, 0.1) is 6.20 Å². The topological polar surface area (TPSA) is 102 Å². The predicted octanol–water partition coefficient (Wildman–Crippen LogP) is 2.46. The van der Waals surface area contributed by atoms with Gasteiger partial charge in [-0.05, 0) is 50.5 Å². The van der Waals surface area contributed by atoms with Crippen molar-refractivity contribution in [3.8, 4) is 0 Å². The molecule has 0 bridgehead atoms. The normalized spacial score (nSPS) is 11.0. The molecule has 8 heteroatoms. The molecule has 2 amide bonds. The van der Waals surface area contributed by atoms with Crippen molar-refractivity contribution in [1.82, 2.24) is 14.6 Å². The summed E-state index contributed by atoms with van der Waals surface area (Å²) >= 11 is 0. The molecular formula is C19H20FN5O2. The van der Waals surface area contributed by atoms with E-state index in [1.54, 1.807) is 23.6 Å². The highest BCUT2D eigenvalue weighted by atomic mass is 19.1. The van der Waals surface area contributed by atoms with Crippen molar-refractivity contribution in [2.24, 2.45) is 5.73 Å². The second-order valence-corrected chi connectivity index (χ2v) is 6.43. The number of nitrogens with zero attached hydrogens (tertiary/aromatic N) is 3. The summed E-state index contributed by atoms with van der Waals surface area (Å²) < 4.78 is 15.1. The lowest BCUT2D eigenvalue weighted by atomic mass is 10.1. The van der Waals surface area contributed by atoms with Gasteiger partial charge in [0.1, 0.15) is 11.4 Å². The molecule has 0 aliphatic carbocycles. The van der Waals surface area contributed by atoms with Gasteiger partial charge in [-0.15, -0.1) is 0 Å². The molecule has 0 saturated heterocycles. The van der Waals surface area contributed by atoms with Crippen LogP contribution in [0, 0.1) is 26.6 Å². The zero-order chi connectivity index (χ0) is 19.7. The molecule has 0 radical (unpaired) electrons. The van der Waals surface area contributed by atoms with Crippen molar-refractivity contribution >= 4 is 23.1 Å². The molecule has 3 aromatic rings. The number of fused-ring (bicyclic) bond motifs is 1. The fourth-order valence-electron chi connectivity index (χ4n) is 2.98. The number of anilines is 1. The van der Waals surface area contributed by atoms with Crippen LogP contribution in [0.2, 0.25) is 0 Å². The third kappa shape index (κ3) is 3.64. The van der Waals surface area contributed by atoms with Gasteiger partial charge in [0.2, 0.25) is 5.91 Å². The van der Waals surface area contributed by atoms with E-state index in [0.717, 1.165) is 11.3 Å². The Kier molecular flexibility index (Phi) is 4.89. The molecule has 7 nitrogen and oxygen atoms in total. The summed E-state index contributed by atoms with van der Waals surface area (Å²) in [6, 6.07) is 4.58. The van der Waals surface area contributed by atoms with Crippen LogP contribution in [0.15, 0.2) is 24.4 Å². The Morgan fingerprint density at radius 1 is 1.26 bits per heavy atom. The van der Waals surface area contributed by atoms with Gasteiger partial charge in [0.25, 0.3) is 5.91 Å². The Morgan fingerprint density at radius 3 is 2.67 bits per heavy atom. The summed E-state index contributed by atoms with van der Waals surface area (Å²) in [5, 5.41) is 6.86. The second kappa shape index (κ2) is 7.14. The Balaban J connectivity index is 1.77. The summed E-state index contributed by atoms with van der Waals surface area (Å²) in [5.74, 6) is -1.18. The van der Waals surface area contributed by atoms with E-state index in [1.807, 2.05) is 13.8 Å². The van der Waals surface area contributed by atoms with E-state index in [4.69, 9.17) is 5.73 Å². The molecule has 0 fully saturated rings. The average Bonchev–Trinajstić information content (AvgIpc) is 3.02. The number of hydrogen-bond donors (Lipinski definition) is 2. The van der Waals surface area contributed by atoms with Crippen LogP contribution in [0.5, 0.6) is 0 Å². The first-order valence-electron chi connectivity index (χ1n) is 8.47. The number of nitrogens with two attached hydrogens (primary N) is 1. The minimum Gasteiger partial charge on any atom is -0.365 e. The fraction of sp³-hybridized carbons (Fsp3) is 0.263. The van der Waals surface area contributed by atoms with Crippen LogP contribution >= 0.6 is 0 Å². The third-order valence-electron chi connectivity index (χ3n) is 4.53. The number of carbonyl (C=O) groups is 2. The van der Waals surface area contributed by atoms with Crippen molar-refractivity contribution < 1.29 is 14.0 Å².